The van der Waals surface area contributed by atoms with Crippen LogP contribution in [-0.2, 0) is 10.0 Å². The van der Waals surface area contributed by atoms with Gasteiger partial charge in [-0.25, -0.2) is 22.3 Å². The highest BCUT2D eigenvalue weighted by Gasteiger charge is 2.13. The molecule has 0 atom stereocenters. The minimum Gasteiger partial charge on any atom is -0.265 e. The molecule has 2 aromatic rings. The van der Waals surface area contributed by atoms with Crippen LogP contribution in [0.1, 0.15) is 0 Å². The van der Waals surface area contributed by atoms with Gasteiger partial charge in [0.1, 0.15) is 16.5 Å². The summed E-state index contributed by atoms with van der Waals surface area (Å²) in [5.41, 5.74) is 0. The smallest absolute Gasteiger partial charge is 0.240 e. The third kappa shape index (κ3) is 4.56. The standard InChI is InChI=1S/C6H5F2NO2S.C5H5N/c7-4-1-2-6(5(8)3-4)12(9,10)11;1-2-4-6-5-3-1/h1-3H,(H2,9,10,11);1-5H. The van der Waals surface area contributed by atoms with Crippen LogP contribution in [0.5, 0.6) is 0 Å². The second-order valence-corrected chi connectivity index (χ2v) is 4.67. The Morgan fingerprint density at radius 1 is 1.06 bits per heavy atom. The molecule has 0 aliphatic carbocycles. The summed E-state index contributed by atoms with van der Waals surface area (Å²) in [6.45, 7) is 0. The molecule has 1 aromatic carbocycles. The highest BCUT2D eigenvalue weighted by Crippen LogP contribution is 2.13. The van der Waals surface area contributed by atoms with E-state index in [2.05, 4.69) is 10.1 Å². The van der Waals surface area contributed by atoms with Crippen molar-refractivity contribution in [3.05, 3.63) is 60.4 Å². The van der Waals surface area contributed by atoms with Crippen LogP contribution in [0.3, 0.4) is 0 Å². The van der Waals surface area contributed by atoms with E-state index in [1.54, 1.807) is 12.4 Å². The molecule has 0 aliphatic rings. The third-order valence-electron chi connectivity index (χ3n) is 1.77. The quantitative estimate of drug-likeness (QED) is 0.858. The average molecular weight is 272 g/mol. The zero-order valence-corrected chi connectivity index (χ0v) is 9.94. The maximum atomic E-state index is 12.6. The number of sulfonamides is 1. The Balaban J connectivity index is 0.000000225. The molecule has 2 rings (SSSR count). The first-order valence-corrected chi connectivity index (χ1v) is 6.29. The van der Waals surface area contributed by atoms with Crippen molar-refractivity contribution in [2.45, 2.75) is 4.90 Å². The molecule has 1 heterocycles. The molecule has 0 saturated heterocycles. The van der Waals surface area contributed by atoms with Crippen LogP contribution in [0.4, 0.5) is 8.78 Å². The molecule has 0 spiro atoms. The van der Waals surface area contributed by atoms with Crippen LogP contribution in [-0.4, -0.2) is 13.4 Å². The van der Waals surface area contributed by atoms with Gasteiger partial charge in [0.05, 0.1) is 0 Å². The molecule has 0 amide bonds. The van der Waals surface area contributed by atoms with Crippen LogP contribution in [0.15, 0.2) is 53.7 Å². The molecular weight excluding hydrogens is 262 g/mol. The molecule has 0 aliphatic heterocycles. The minimum absolute atomic E-state index is 0.458. The largest absolute Gasteiger partial charge is 0.265 e. The van der Waals surface area contributed by atoms with E-state index in [1.807, 2.05) is 18.2 Å². The Morgan fingerprint density at radius 3 is 2.00 bits per heavy atom. The van der Waals surface area contributed by atoms with Gasteiger partial charge in [0.15, 0.2) is 0 Å². The SMILES string of the molecule is NS(=O)(=O)c1ccc(F)cc1F.c1ccncc1. The second-order valence-electron chi connectivity index (χ2n) is 3.14. The number of nitrogens with zero attached hydrogens (tertiary/aromatic N) is 1. The molecule has 7 heteroatoms. The van der Waals surface area contributed by atoms with Gasteiger partial charge in [-0.15, -0.1) is 0 Å². The van der Waals surface area contributed by atoms with Crippen LogP contribution in [0, 0.1) is 11.6 Å². The highest BCUT2D eigenvalue weighted by atomic mass is 32.2. The zero-order valence-electron chi connectivity index (χ0n) is 9.12. The lowest BCUT2D eigenvalue weighted by Gasteiger charge is -1.98. The van der Waals surface area contributed by atoms with Crippen LogP contribution >= 0.6 is 0 Å². The molecule has 0 bridgehead atoms. The Labute approximate surface area is 103 Å². The third-order valence-corrected chi connectivity index (χ3v) is 2.71. The van der Waals surface area contributed by atoms with Gasteiger partial charge in [-0.05, 0) is 24.3 Å². The molecule has 0 fully saturated rings. The van der Waals surface area contributed by atoms with Crippen molar-refractivity contribution in [1.82, 2.24) is 4.98 Å². The van der Waals surface area contributed by atoms with Gasteiger partial charge in [0.2, 0.25) is 10.0 Å². The van der Waals surface area contributed by atoms with Gasteiger partial charge in [-0.1, -0.05) is 6.07 Å². The second kappa shape index (κ2) is 6.18. The van der Waals surface area contributed by atoms with Gasteiger partial charge in [-0.3, -0.25) is 4.98 Å². The summed E-state index contributed by atoms with van der Waals surface area (Å²) in [5, 5.41) is 4.62. The summed E-state index contributed by atoms with van der Waals surface area (Å²) in [4.78, 5) is 3.08. The van der Waals surface area contributed by atoms with E-state index in [0.717, 1.165) is 12.1 Å². The fourth-order valence-corrected chi connectivity index (χ4v) is 1.61. The van der Waals surface area contributed by atoms with E-state index in [4.69, 9.17) is 0 Å². The van der Waals surface area contributed by atoms with Gasteiger partial charge < -0.3 is 0 Å². The number of benzene rings is 1. The number of pyridine rings is 1. The van der Waals surface area contributed by atoms with E-state index in [1.165, 1.54) is 0 Å². The van der Waals surface area contributed by atoms with E-state index in [9.17, 15) is 17.2 Å². The number of rotatable bonds is 1. The highest BCUT2D eigenvalue weighted by molar-refractivity contribution is 7.89. The lowest BCUT2D eigenvalue weighted by atomic mass is 10.3. The average Bonchev–Trinajstić information content (AvgIpc) is 2.30. The van der Waals surface area contributed by atoms with Gasteiger partial charge in [-0.2, -0.15) is 0 Å². The fourth-order valence-electron chi connectivity index (χ4n) is 1.02. The molecule has 4 nitrogen and oxygen atoms in total. The lowest BCUT2D eigenvalue weighted by Crippen LogP contribution is -2.14. The van der Waals surface area contributed by atoms with E-state index in [0.29, 0.717) is 6.07 Å². The molecular formula is C11H10F2N2O2S. The van der Waals surface area contributed by atoms with Crippen molar-refractivity contribution in [3.63, 3.8) is 0 Å². The predicted molar refractivity (Wildman–Crippen MR) is 62.0 cm³/mol. The summed E-state index contributed by atoms with van der Waals surface area (Å²) in [7, 11) is -4.09. The van der Waals surface area contributed by atoms with Crippen molar-refractivity contribution < 1.29 is 17.2 Å². The molecule has 1 aromatic heterocycles. The van der Waals surface area contributed by atoms with Crippen molar-refractivity contribution in [3.8, 4) is 0 Å². The molecule has 0 unspecified atom stereocenters. The number of primary sulfonamides is 1. The topological polar surface area (TPSA) is 73.1 Å². The summed E-state index contributed by atoms with van der Waals surface area (Å²) >= 11 is 0. The Bertz CT molecular complexity index is 577. The maximum absolute atomic E-state index is 12.6. The summed E-state index contributed by atoms with van der Waals surface area (Å²) < 4.78 is 46.1. The molecule has 0 saturated carbocycles. The van der Waals surface area contributed by atoms with Crippen molar-refractivity contribution >= 4 is 10.0 Å². The summed E-state index contributed by atoms with van der Waals surface area (Å²) in [6, 6.07) is 7.77. The number of halogens is 2. The summed E-state index contributed by atoms with van der Waals surface area (Å²) in [5.74, 6) is -2.03. The fraction of sp³-hybridized carbons (Fsp3) is 0. The van der Waals surface area contributed by atoms with Gasteiger partial charge in [0.25, 0.3) is 0 Å². The number of aromatic nitrogens is 1. The van der Waals surface area contributed by atoms with Gasteiger partial charge in [0, 0.05) is 18.5 Å². The van der Waals surface area contributed by atoms with E-state index < -0.39 is 26.6 Å². The van der Waals surface area contributed by atoms with Crippen molar-refractivity contribution in [2.24, 2.45) is 5.14 Å². The molecule has 2 N–H and O–H groups in total. The van der Waals surface area contributed by atoms with Crippen LogP contribution < -0.4 is 5.14 Å². The number of hydrogen-bond donors (Lipinski definition) is 1. The van der Waals surface area contributed by atoms with Crippen LogP contribution in [0.25, 0.3) is 0 Å². The molecule has 96 valence electrons. The van der Waals surface area contributed by atoms with E-state index >= 15 is 0 Å². The summed E-state index contributed by atoms with van der Waals surface area (Å²) in [6.07, 6.45) is 3.50. The number of hydrogen-bond acceptors (Lipinski definition) is 3. The predicted octanol–water partition coefficient (Wildman–Crippen LogP) is 1.69. The van der Waals surface area contributed by atoms with Crippen molar-refractivity contribution in [1.29, 1.82) is 0 Å². The lowest BCUT2D eigenvalue weighted by molar-refractivity contribution is 0.549. The number of nitrogens with two attached hydrogens (primary N) is 1. The monoisotopic (exact) mass is 272 g/mol. The first kappa shape index (κ1) is 14.2. The van der Waals surface area contributed by atoms with Crippen LogP contribution in [0.2, 0.25) is 0 Å². The van der Waals surface area contributed by atoms with E-state index in [-0.39, 0.29) is 0 Å². The first-order valence-electron chi connectivity index (χ1n) is 4.74. The van der Waals surface area contributed by atoms with Gasteiger partial charge >= 0.3 is 0 Å². The molecule has 0 radical (unpaired) electrons. The Kier molecular flexibility index (Phi) is 4.87. The van der Waals surface area contributed by atoms with Crippen molar-refractivity contribution in [2.75, 3.05) is 0 Å². The first-order chi connectivity index (χ1) is 8.41. The normalized spacial score (nSPS) is 10.4. The Morgan fingerprint density at radius 2 is 1.67 bits per heavy atom. The maximum Gasteiger partial charge on any atom is 0.240 e. The zero-order chi connectivity index (χ0) is 13.6. The molecule has 18 heavy (non-hydrogen) atoms. The Hall–Kier alpha value is -1.86. The minimum atomic E-state index is -4.09.